The van der Waals surface area contributed by atoms with Gasteiger partial charge in [0.15, 0.2) is 0 Å². The largest absolute Gasteiger partial charge is 0.497 e. The molecule has 0 fully saturated rings. The molecule has 0 bridgehead atoms. The Labute approximate surface area is 159 Å². The summed E-state index contributed by atoms with van der Waals surface area (Å²) in [6.45, 7) is 3.24. The summed E-state index contributed by atoms with van der Waals surface area (Å²) in [6, 6.07) is 18.0. The van der Waals surface area contributed by atoms with E-state index in [-0.39, 0.29) is 5.91 Å². The van der Waals surface area contributed by atoms with E-state index in [9.17, 15) is 4.79 Å². The third-order valence-corrected chi connectivity index (χ3v) is 5.09. The van der Waals surface area contributed by atoms with Crippen molar-refractivity contribution in [2.24, 2.45) is 0 Å². The van der Waals surface area contributed by atoms with Crippen molar-refractivity contribution in [2.75, 3.05) is 20.2 Å². The lowest BCUT2D eigenvalue weighted by atomic mass is 9.99. The number of aryl methyl sites for hydroxylation is 1. The molecule has 4 rings (SSSR count). The summed E-state index contributed by atoms with van der Waals surface area (Å²) in [7, 11) is 1.64. The molecule has 1 aliphatic rings. The lowest BCUT2D eigenvalue weighted by Crippen LogP contribution is -2.35. The molecule has 0 N–H and O–H groups in total. The van der Waals surface area contributed by atoms with E-state index in [0.29, 0.717) is 12.1 Å². The van der Waals surface area contributed by atoms with E-state index in [2.05, 4.69) is 23.2 Å². The fourth-order valence-electron chi connectivity index (χ4n) is 3.53. The zero-order chi connectivity index (χ0) is 18.8. The molecule has 4 heteroatoms. The fourth-order valence-corrected chi connectivity index (χ4v) is 3.53. The van der Waals surface area contributed by atoms with Gasteiger partial charge in [-0.2, -0.15) is 0 Å². The van der Waals surface area contributed by atoms with E-state index in [4.69, 9.17) is 4.74 Å². The van der Waals surface area contributed by atoms with Gasteiger partial charge in [-0.25, -0.2) is 0 Å². The number of carbonyl (C=O) groups is 1. The van der Waals surface area contributed by atoms with E-state index in [0.717, 1.165) is 35.3 Å². The van der Waals surface area contributed by atoms with Crippen molar-refractivity contribution in [3.63, 3.8) is 0 Å². The number of benzene rings is 2. The first-order chi connectivity index (χ1) is 13.2. The molecular weight excluding hydrogens is 336 g/mol. The summed E-state index contributed by atoms with van der Waals surface area (Å²) in [5, 5.41) is 0.947. The van der Waals surface area contributed by atoms with Crippen LogP contribution in [0.15, 0.2) is 60.7 Å². The van der Waals surface area contributed by atoms with Crippen LogP contribution in [0.2, 0.25) is 0 Å². The van der Waals surface area contributed by atoms with Gasteiger partial charge >= 0.3 is 0 Å². The second-order valence-electron chi connectivity index (χ2n) is 6.78. The van der Waals surface area contributed by atoms with Gasteiger partial charge in [0.2, 0.25) is 0 Å². The number of rotatable bonds is 3. The van der Waals surface area contributed by atoms with Gasteiger partial charge in [-0.3, -0.25) is 9.78 Å². The van der Waals surface area contributed by atoms with Crippen LogP contribution >= 0.6 is 0 Å². The van der Waals surface area contributed by atoms with Crippen LogP contribution in [0.1, 0.15) is 28.0 Å². The number of methoxy groups -OCH3 is 1. The molecular formula is C23H22N2O2. The number of aromatic nitrogens is 1. The Morgan fingerprint density at radius 2 is 1.93 bits per heavy atom. The quantitative estimate of drug-likeness (QED) is 0.693. The fraction of sp³-hybridized carbons (Fsp3) is 0.217. The lowest BCUT2D eigenvalue weighted by Gasteiger charge is -2.27. The SMILES string of the molecule is COc1ccc2cc(C(=O)N3CC=C(c4ccccc4)CC3)c(C)nc2c1. The third kappa shape index (κ3) is 3.43. The molecule has 0 saturated heterocycles. The summed E-state index contributed by atoms with van der Waals surface area (Å²) >= 11 is 0. The molecule has 0 unspecified atom stereocenters. The summed E-state index contributed by atoms with van der Waals surface area (Å²) in [5.74, 6) is 0.809. The Morgan fingerprint density at radius 3 is 2.63 bits per heavy atom. The van der Waals surface area contributed by atoms with E-state index in [1.165, 1.54) is 11.1 Å². The van der Waals surface area contributed by atoms with Gasteiger partial charge in [-0.15, -0.1) is 0 Å². The van der Waals surface area contributed by atoms with E-state index < -0.39 is 0 Å². The van der Waals surface area contributed by atoms with Crippen LogP contribution in [0, 0.1) is 6.92 Å². The van der Waals surface area contributed by atoms with Crippen molar-refractivity contribution < 1.29 is 9.53 Å². The van der Waals surface area contributed by atoms with Crippen molar-refractivity contribution >= 4 is 22.4 Å². The molecule has 1 aromatic heterocycles. The molecule has 0 radical (unpaired) electrons. The lowest BCUT2D eigenvalue weighted by molar-refractivity contribution is 0.0772. The van der Waals surface area contributed by atoms with Crippen molar-refractivity contribution in [1.82, 2.24) is 9.88 Å². The van der Waals surface area contributed by atoms with Gasteiger partial charge in [-0.05, 0) is 42.7 Å². The smallest absolute Gasteiger partial charge is 0.256 e. The van der Waals surface area contributed by atoms with Crippen LogP contribution in [0.3, 0.4) is 0 Å². The maximum absolute atomic E-state index is 13.1. The predicted molar refractivity (Wildman–Crippen MR) is 108 cm³/mol. The van der Waals surface area contributed by atoms with Crippen molar-refractivity contribution in [3.05, 3.63) is 77.5 Å². The van der Waals surface area contributed by atoms with E-state index in [1.807, 2.05) is 54.3 Å². The van der Waals surface area contributed by atoms with Gasteiger partial charge in [-0.1, -0.05) is 36.4 Å². The zero-order valence-corrected chi connectivity index (χ0v) is 15.6. The molecule has 1 aliphatic heterocycles. The van der Waals surface area contributed by atoms with Crippen LogP contribution in [0.25, 0.3) is 16.5 Å². The number of pyridine rings is 1. The highest BCUT2D eigenvalue weighted by Crippen LogP contribution is 2.25. The van der Waals surface area contributed by atoms with Crippen LogP contribution in [0.4, 0.5) is 0 Å². The first-order valence-corrected chi connectivity index (χ1v) is 9.15. The van der Waals surface area contributed by atoms with Gasteiger partial charge in [0.1, 0.15) is 5.75 Å². The molecule has 136 valence electrons. The number of hydrogen-bond donors (Lipinski definition) is 0. The Hall–Kier alpha value is -3.14. The molecule has 2 aromatic carbocycles. The minimum Gasteiger partial charge on any atom is -0.497 e. The average Bonchev–Trinajstić information content (AvgIpc) is 2.73. The second kappa shape index (κ2) is 7.23. The highest BCUT2D eigenvalue weighted by atomic mass is 16.5. The van der Waals surface area contributed by atoms with Crippen molar-refractivity contribution in [3.8, 4) is 5.75 Å². The Morgan fingerprint density at radius 1 is 1.11 bits per heavy atom. The number of fused-ring (bicyclic) bond motifs is 1. The zero-order valence-electron chi connectivity index (χ0n) is 15.6. The number of ether oxygens (including phenoxy) is 1. The number of amides is 1. The summed E-state index contributed by atoms with van der Waals surface area (Å²) in [4.78, 5) is 19.6. The molecule has 0 atom stereocenters. The molecule has 0 saturated carbocycles. The first kappa shape index (κ1) is 17.3. The minimum absolute atomic E-state index is 0.0427. The number of nitrogens with zero attached hydrogens (tertiary/aromatic N) is 2. The van der Waals surface area contributed by atoms with Crippen LogP contribution < -0.4 is 4.74 Å². The Kier molecular flexibility index (Phi) is 4.63. The highest BCUT2D eigenvalue weighted by molar-refractivity contribution is 5.99. The summed E-state index contributed by atoms with van der Waals surface area (Å²) < 4.78 is 5.26. The molecule has 27 heavy (non-hydrogen) atoms. The van der Waals surface area contributed by atoms with Gasteiger partial charge in [0.25, 0.3) is 5.91 Å². The molecule has 0 aliphatic carbocycles. The van der Waals surface area contributed by atoms with E-state index >= 15 is 0 Å². The maximum atomic E-state index is 13.1. The Balaban J connectivity index is 1.58. The number of carbonyl (C=O) groups excluding carboxylic acids is 1. The van der Waals surface area contributed by atoms with Gasteiger partial charge in [0.05, 0.1) is 23.9 Å². The van der Waals surface area contributed by atoms with Gasteiger partial charge in [0, 0.05) is 24.5 Å². The minimum atomic E-state index is 0.0427. The van der Waals surface area contributed by atoms with Crippen LogP contribution in [-0.2, 0) is 0 Å². The van der Waals surface area contributed by atoms with E-state index in [1.54, 1.807) is 7.11 Å². The number of hydrogen-bond acceptors (Lipinski definition) is 3. The second-order valence-corrected chi connectivity index (χ2v) is 6.78. The summed E-state index contributed by atoms with van der Waals surface area (Å²) in [5.41, 5.74) is 4.80. The Bertz CT molecular complexity index is 1030. The van der Waals surface area contributed by atoms with Crippen LogP contribution in [0.5, 0.6) is 5.75 Å². The standard InChI is InChI=1S/C23H22N2O2/c1-16-21(14-19-8-9-20(27-2)15-22(19)24-16)23(26)25-12-10-18(11-13-25)17-6-4-3-5-7-17/h3-10,14-15H,11-13H2,1-2H3. The predicted octanol–water partition coefficient (Wildman–Crippen LogP) is 4.48. The first-order valence-electron chi connectivity index (χ1n) is 9.15. The summed E-state index contributed by atoms with van der Waals surface area (Å²) in [6.07, 6.45) is 3.03. The molecule has 4 nitrogen and oxygen atoms in total. The third-order valence-electron chi connectivity index (χ3n) is 5.09. The molecule has 0 spiro atoms. The molecule has 1 amide bonds. The normalized spacial score (nSPS) is 14.1. The van der Waals surface area contributed by atoms with Crippen LogP contribution in [-0.4, -0.2) is 36.0 Å². The monoisotopic (exact) mass is 358 g/mol. The topological polar surface area (TPSA) is 42.4 Å². The maximum Gasteiger partial charge on any atom is 0.256 e. The van der Waals surface area contributed by atoms with Crippen molar-refractivity contribution in [1.29, 1.82) is 0 Å². The molecule has 3 aromatic rings. The highest BCUT2D eigenvalue weighted by Gasteiger charge is 2.21. The average molecular weight is 358 g/mol. The molecule has 2 heterocycles. The van der Waals surface area contributed by atoms with Gasteiger partial charge < -0.3 is 9.64 Å². The van der Waals surface area contributed by atoms with Crippen molar-refractivity contribution in [2.45, 2.75) is 13.3 Å².